The molecule has 8 heteroatoms. The Morgan fingerprint density at radius 1 is 1.21 bits per heavy atom. The fourth-order valence-corrected chi connectivity index (χ4v) is 3.27. The molecule has 132 valence electrons. The lowest BCUT2D eigenvalue weighted by molar-refractivity contribution is -0.132. The Hall–Kier alpha value is -1.96. The molecule has 3 rings (SSSR count). The summed E-state index contributed by atoms with van der Waals surface area (Å²) in [6, 6.07) is 0. The number of anilines is 1. The average Bonchev–Trinajstić information content (AvgIpc) is 2.86. The Morgan fingerprint density at radius 3 is 2.71 bits per heavy atom. The second kappa shape index (κ2) is 8.23. The molecular weight excluding hydrogens is 308 g/mol. The van der Waals surface area contributed by atoms with Crippen LogP contribution >= 0.6 is 0 Å². The number of aromatic nitrogens is 3. The van der Waals surface area contributed by atoms with Gasteiger partial charge in [-0.25, -0.2) is 9.67 Å². The Kier molecular flexibility index (Phi) is 5.79. The summed E-state index contributed by atoms with van der Waals surface area (Å²) in [6.07, 6.45) is 7.92. The van der Waals surface area contributed by atoms with Crippen molar-refractivity contribution in [1.29, 1.82) is 0 Å². The molecule has 1 aromatic heterocycles. The molecule has 3 heterocycles. The zero-order chi connectivity index (χ0) is 16.8. The number of nitrogens with zero attached hydrogens (tertiary/aromatic N) is 4. The van der Waals surface area contributed by atoms with Crippen molar-refractivity contribution in [1.82, 2.24) is 25.0 Å². The molecule has 0 aliphatic carbocycles. The predicted molar refractivity (Wildman–Crippen MR) is 89.3 cm³/mol. The highest BCUT2D eigenvalue weighted by Crippen LogP contribution is 2.12. The topological polar surface area (TPSA) is 92.2 Å². The number of piperidine rings is 1. The Labute approximate surface area is 142 Å². The van der Waals surface area contributed by atoms with Crippen LogP contribution in [-0.2, 0) is 16.1 Å². The number of hydrogen-bond donors (Lipinski definition) is 2. The third kappa shape index (κ3) is 4.53. The molecular formula is C16H26N6O2. The van der Waals surface area contributed by atoms with Crippen LogP contribution in [0.4, 0.5) is 5.95 Å². The number of likely N-dealkylation sites (tertiary alicyclic amines) is 1. The van der Waals surface area contributed by atoms with Crippen molar-refractivity contribution in [2.24, 2.45) is 5.92 Å². The standard InChI is InChI=1S/C16H26N6O2/c23-14(21-8-3-1-2-4-9-21)11-22-12-18-16(20-22)19-15(24)13-6-5-7-17-10-13/h12-13,17H,1-11H2,(H,19,20,24). The normalized spacial score (nSPS) is 22.0. The summed E-state index contributed by atoms with van der Waals surface area (Å²) in [4.78, 5) is 30.5. The van der Waals surface area contributed by atoms with Crippen molar-refractivity contribution in [3.63, 3.8) is 0 Å². The summed E-state index contributed by atoms with van der Waals surface area (Å²) < 4.78 is 1.50. The van der Waals surface area contributed by atoms with E-state index >= 15 is 0 Å². The minimum absolute atomic E-state index is 0.0376. The molecule has 8 nitrogen and oxygen atoms in total. The van der Waals surface area contributed by atoms with Crippen LogP contribution in [0.1, 0.15) is 38.5 Å². The second-order valence-corrected chi connectivity index (χ2v) is 6.59. The first kappa shape index (κ1) is 16.9. The number of nitrogens with one attached hydrogen (secondary N) is 2. The van der Waals surface area contributed by atoms with Crippen molar-refractivity contribution in [2.75, 3.05) is 31.5 Å². The number of amides is 2. The predicted octanol–water partition coefficient (Wildman–Crippen LogP) is 0.619. The van der Waals surface area contributed by atoms with E-state index in [4.69, 9.17) is 0 Å². The van der Waals surface area contributed by atoms with Gasteiger partial charge in [-0.3, -0.25) is 14.9 Å². The van der Waals surface area contributed by atoms with Crippen LogP contribution in [-0.4, -0.2) is 57.7 Å². The molecule has 0 bridgehead atoms. The maximum absolute atomic E-state index is 12.3. The zero-order valence-electron chi connectivity index (χ0n) is 14.0. The molecule has 2 amide bonds. The molecule has 2 fully saturated rings. The molecule has 24 heavy (non-hydrogen) atoms. The fourth-order valence-electron chi connectivity index (χ4n) is 3.27. The molecule has 0 saturated carbocycles. The van der Waals surface area contributed by atoms with Crippen LogP contribution in [0, 0.1) is 5.92 Å². The van der Waals surface area contributed by atoms with Gasteiger partial charge in [0.1, 0.15) is 12.9 Å². The molecule has 2 saturated heterocycles. The van der Waals surface area contributed by atoms with Crippen LogP contribution in [0.5, 0.6) is 0 Å². The van der Waals surface area contributed by atoms with Gasteiger partial charge in [0.25, 0.3) is 0 Å². The molecule has 0 radical (unpaired) electrons. The maximum atomic E-state index is 12.3. The Morgan fingerprint density at radius 2 is 2.00 bits per heavy atom. The summed E-state index contributed by atoms with van der Waals surface area (Å²) in [5.41, 5.74) is 0. The lowest BCUT2D eigenvalue weighted by atomic mass is 9.99. The van der Waals surface area contributed by atoms with E-state index in [0.29, 0.717) is 6.54 Å². The molecule has 0 spiro atoms. The van der Waals surface area contributed by atoms with Gasteiger partial charge in [0.05, 0.1) is 5.92 Å². The quantitative estimate of drug-likeness (QED) is 0.842. The molecule has 1 atom stereocenters. The van der Waals surface area contributed by atoms with Gasteiger partial charge >= 0.3 is 0 Å². The minimum atomic E-state index is -0.0567. The van der Waals surface area contributed by atoms with E-state index in [1.54, 1.807) is 0 Å². The summed E-state index contributed by atoms with van der Waals surface area (Å²) >= 11 is 0. The van der Waals surface area contributed by atoms with Gasteiger partial charge in [-0.05, 0) is 32.2 Å². The lowest BCUT2D eigenvalue weighted by Gasteiger charge is -2.21. The highest BCUT2D eigenvalue weighted by Gasteiger charge is 2.22. The Balaban J connectivity index is 1.51. The average molecular weight is 334 g/mol. The van der Waals surface area contributed by atoms with Crippen LogP contribution in [0.3, 0.4) is 0 Å². The molecule has 1 unspecified atom stereocenters. The van der Waals surface area contributed by atoms with Gasteiger partial charge in [-0.2, -0.15) is 0 Å². The first-order valence-electron chi connectivity index (χ1n) is 8.91. The van der Waals surface area contributed by atoms with Crippen molar-refractivity contribution in [3.8, 4) is 0 Å². The van der Waals surface area contributed by atoms with E-state index in [1.807, 2.05) is 4.90 Å². The van der Waals surface area contributed by atoms with Gasteiger partial charge in [0, 0.05) is 19.6 Å². The second-order valence-electron chi connectivity index (χ2n) is 6.59. The monoisotopic (exact) mass is 334 g/mol. The van der Waals surface area contributed by atoms with Crippen molar-refractivity contribution in [3.05, 3.63) is 6.33 Å². The summed E-state index contributed by atoms with van der Waals surface area (Å²) in [5.74, 6) is 0.244. The first-order valence-corrected chi connectivity index (χ1v) is 8.91. The SMILES string of the molecule is O=C(Nc1ncn(CC(=O)N2CCCCCC2)n1)C1CCCNC1. The summed E-state index contributed by atoms with van der Waals surface area (Å²) in [7, 11) is 0. The molecule has 1 aromatic rings. The van der Waals surface area contributed by atoms with Crippen molar-refractivity contribution >= 4 is 17.8 Å². The smallest absolute Gasteiger partial charge is 0.248 e. The molecule has 2 aliphatic heterocycles. The van der Waals surface area contributed by atoms with E-state index in [9.17, 15) is 9.59 Å². The van der Waals surface area contributed by atoms with Gasteiger partial charge in [0.15, 0.2) is 0 Å². The third-order valence-electron chi connectivity index (χ3n) is 4.70. The summed E-state index contributed by atoms with van der Waals surface area (Å²) in [6.45, 7) is 3.49. The largest absolute Gasteiger partial charge is 0.341 e. The Bertz CT molecular complexity index is 559. The summed E-state index contributed by atoms with van der Waals surface area (Å²) in [5, 5.41) is 10.2. The van der Waals surface area contributed by atoms with Gasteiger partial charge in [0.2, 0.25) is 17.8 Å². The van der Waals surface area contributed by atoms with E-state index in [0.717, 1.165) is 45.3 Å². The maximum Gasteiger partial charge on any atom is 0.248 e. The van der Waals surface area contributed by atoms with Gasteiger partial charge in [-0.15, -0.1) is 5.10 Å². The zero-order valence-corrected chi connectivity index (χ0v) is 14.0. The number of carbonyl (C=O) groups is 2. The lowest BCUT2D eigenvalue weighted by Crippen LogP contribution is -2.37. The van der Waals surface area contributed by atoms with E-state index in [2.05, 4.69) is 20.7 Å². The number of hydrogen-bond acceptors (Lipinski definition) is 5. The molecule has 0 aromatic carbocycles. The number of rotatable bonds is 4. The van der Waals surface area contributed by atoms with Crippen LogP contribution in [0.15, 0.2) is 6.33 Å². The fraction of sp³-hybridized carbons (Fsp3) is 0.750. The first-order chi connectivity index (χ1) is 11.7. The van der Waals surface area contributed by atoms with Gasteiger partial charge < -0.3 is 10.2 Å². The van der Waals surface area contributed by atoms with Crippen molar-refractivity contribution in [2.45, 2.75) is 45.1 Å². The molecule has 2 N–H and O–H groups in total. The minimum Gasteiger partial charge on any atom is -0.341 e. The van der Waals surface area contributed by atoms with Crippen LogP contribution in [0.2, 0.25) is 0 Å². The van der Waals surface area contributed by atoms with Crippen LogP contribution in [0.25, 0.3) is 0 Å². The van der Waals surface area contributed by atoms with E-state index in [1.165, 1.54) is 23.9 Å². The van der Waals surface area contributed by atoms with Crippen molar-refractivity contribution < 1.29 is 9.59 Å². The van der Waals surface area contributed by atoms with E-state index < -0.39 is 0 Å². The third-order valence-corrected chi connectivity index (χ3v) is 4.70. The number of carbonyl (C=O) groups excluding carboxylic acids is 2. The van der Waals surface area contributed by atoms with Crippen LogP contribution < -0.4 is 10.6 Å². The van der Waals surface area contributed by atoms with E-state index in [-0.39, 0.29) is 30.2 Å². The van der Waals surface area contributed by atoms with Gasteiger partial charge in [-0.1, -0.05) is 12.8 Å². The molecule has 2 aliphatic rings. The highest BCUT2D eigenvalue weighted by molar-refractivity contribution is 5.91. The highest BCUT2D eigenvalue weighted by atomic mass is 16.2.